The molecule has 1 aromatic rings. The van der Waals surface area contributed by atoms with Gasteiger partial charge in [-0.1, -0.05) is 6.92 Å². The lowest BCUT2D eigenvalue weighted by atomic mass is 10.3. The van der Waals surface area contributed by atoms with Crippen molar-refractivity contribution < 1.29 is 14.8 Å². The molecule has 19 heavy (non-hydrogen) atoms. The van der Waals surface area contributed by atoms with Crippen LogP contribution in [0.2, 0.25) is 0 Å². The van der Waals surface area contributed by atoms with Crippen molar-refractivity contribution >= 4 is 17.4 Å². The van der Waals surface area contributed by atoms with E-state index in [1.54, 1.807) is 6.07 Å². The second-order valence-corrected chi connectivity index (χ2v) is 6.04. The molecule has 0 aliphatic carbocycles. The molecule has 0 saturated heterocycles. The van der Waals surface area contributed by atoms with Crippen molar-refractivity contribution in [3.63, 3.8) is 0 Å². The summed E-state index contributed by atoms with van der Waals surface area (Å²) < 4.78 is 5.52. The summed E-state index contributed by atoms with van der Waals surface area (Å²) in [6.07, 6.45) is 0.614. The number of nitro benzene ring substituents is 1. The minimum Gasteiger partial charge on any atom is -0.491 e. The summed E-state index contributed by atoms with van der Waals surface area (Å²) in [6, 6.07) is 4.76. The first-order chi connectivity index (χ1) is 8.92. The highest BCUT2D eigenvalue weighted by Gasteiger charge is 2.13. The van der Waals surface area contributed by atoms with Crippen LogP contribution in [-0.4, -0.2) is 28.0 Å². The van der Waals surface area contributed by atoms with E-state index in [0.717, 1.165) is 4.90 Å². The minimum absolute atomic E-state index is 0.0249. The van der Waals surface area contributed by atoms with E-state index in [-0.39, 0.29) is 23.6 Å². The van der Waals surface area contributed by atoms with Crippen LogP contribution in [0.5, 0.6) is 5.75 Å². The van der Waals surface area contributed by atoms with Crippen molar-refractivity contribution in [1.29, 1.82) is 0 Å². The van der Waals surface area contributed by atoms with E-state index in [9.17, 15) is 10.1 Å². The minimum atomic E-state index is -0.423. The third-order valence-corrected chi connectivity index (χ3v) is 3.47. The molecule has 106 valence electrons. The Labute approximate surface area is 117 Å². The van der Waals surface area contributed by atoms with E-state index in [4.69, 9.17) is 9.84 Å². The lowest BCUT2D eigenvalue weighted by molar-refractivity contribution is -0.385. The molecule has 6 heteroatoms. The first kappa shape index (κ1) is 15.8. The fourth-order valence-corrected chi connectivity index (χ4v) is 2.60. The summed E-state index contributed by atoms with van der Waals surface area (Å²) in [4.78, 5) is 11.3. The predicted molar refractivity (Wildman–Crippen MR) is 75.9 cm³/mol. The van der Waals surface area contributed by atoms with E-state index in [1.165, 1.54) is 23.9 Å². The van der Waals surface area contributed by atoms with Gasteiger partial charge < -0.3 is 9.84 Å². The highest BCUT2D eigenvalue weighted by atomic mass is 32.2. The molecule has 0 radical (unpaired) electrons. The maximum atomic E-state index is 10.9. The van der Waals surface area contributed by atoms with Gasteiger partial charge in [0.15, 0.2) is 0 Å². The van der Waals surface area contributed by atoms with E-state index in [1.807, 2.05) is 20.8 Å². The summed E-state index contributed by atoms with van der Waals surface area (Å²) in [7, 11) is 0. The fraction of sp³-hybridized carbons (Fsp3) is 0.538. The van der Waals surface area contributed by atoms with Gasteiger partial charge in [0.05, 0.1) is 17.1 Å². The molecule has 0 heterocycles. The Morgan fingerprint density at radius 1 is 1.37 bits per heavy atom. The number of thioether (sulfide) groups is 1. The maximum absolute atomic E-state index is 10.9. The zero-order valence-electron chi connectivity index (χ0n) is 11.3. The van der Waals surface area contributed by atoms with Crippen molar-refractivity contribution in [2.45, 2.75) is 43.4 Å². The molecule has 0 spiro atoms. The Hall–Kier alpha value is -1.27. The quantitative estimate of drug-likeness (QED) is 0.473. The molecule has 1 atom stereocenters. The number of nitro groups is 1. The van der Waals surface area contributed by atoms with Crippen LogP contribution in [0, 0.1) is 10.1 Å². The molecule has 0 saturated carbocycles. The van der Waals surface area contributed by atoms with Crippen LogP contribution in [0.15, 0.2) is 23.1 Å². The van der Waals surface area contributed by atoms with Gasteiger partial charge in [-0.25, -0.2) is 0 Å². The third-order valence-electron chi connectivity index (χ3n) is 2.32. The first-order valence-corrected chi connectivity index (χ1v) is 7.04. The molecule has 0 fully saturated rings. The zero-order chi connectivity index (χ0) is 14.4. The molecule has 1 N–H and O–H groups in total. The summed E-state index contributed by atoms with van der Waals surface area (Å²) in [5.41, 5.74) is 0.0249. The summed E-state index contributed by atoms with van der Waals surface area (Å²) in [6.45, 7) is 5.83. The number of benzene rings is 1. The van der Waals surface area contributed by atoms with Gasteiger partial charge in [-0.3, -0.25) is 10.1 Å². The lowest BCUT2D eigenvalue weighted by Gasteiger charge is -2.13. The van der Waals surface area contributed by atoms with E-state index in [0.29, 0.717) is 12.2 Å². The molecule has 1 aromatic carbocycles. The number of hydrogen-bond donors (Lipinski definition) is 1. The monoisotopic (exact) mass is 285 g/mol. The van der Waals surface area contributed by atoms with Crippen LogP contribution < -0.4 is 4.74 Å². The molecule has 0 amide bonds. The number of non-ortho nitro benzene ring substituents is 1. The molecule has 0 aliphatic rings. The Morgan fingerprint density at radius 3 is 2.58 bits per heavy atom. The summed E-state index contributed by atoms with van der Waals surface area (Å²) in [5, 5.41) is 20.0. The predicted octanol–water partition coefficient (Wildman–Crippen LogP) is 3.25. The molecule has 1 unspecified atom stereocenters. The lowest BCUT2D eigenvalue weighted by Crippen LogP contribution is -2.06. The van der Waals surface area contributed by atoms with Crippen LogP contribution in [0.3, 0.4) is 0 Å². The molecule has 0 aromatic heterocycles. The first-order valence-electron chi connectivity index (χ1n) is 6.16. The van der Waals surface area contributed by atoms with Crippen molar-refractivity contribution in [3.05, 3.63) is 28.3 Å². The van der Waals surface area contributed by atoms with Gasteiger partial charge in [-0.2, -0.15) is 0 Å². The highest BCUT2D eigenvalue weighted by molar-refractivity contribution is 8.00. The second kappa shape index (κ2) is 7.35. The van der Waals surface area contributed by atoms with Gasteiger partial charge >= 0.3 is 0 Å². The van der Waals surface area contributed by atoms with Gasteiger partial charge in [-0.05, 0) is 26.3 Å². The van der Waals surface area contributed by atoms with Crippen LogP contribution in [-0.2, 0) is 0 Å². The van der Waals surface area contributed by atoms with E-state index in [2.05, 4.69) is 0 Å². The van der Waals surface area contributed by atoms with Crippen LogP contribution in [0.1, 0.15) is 27.2 Å². The zero-order valence-corrected chi connectivity index (χ0v) is 12.1. The summed E-state index contributed by atoms with van der Waals surface area (Å²) >= 11 is 1.50. The number of rotatable bonds is 7. The van der Waals surface area contributed by atoms with Gasteiger partial charge in [0.1, 0.15) is 5.75 Å². The standard InChI is InChI=1S/C13H19NO4S/c1-9(2)18-12-6-11(14(16)17)7-13(8-12)19-10(3)4-5-15/h6-10,15H,4-5H2,1-3H3. The smallest absolute Gasteiger partial charge is 0.274 e. The largest absolute Gasteiger partial charge is 0.491 e. The van der Waals surface area contributed by atoms with Crippen LogP contribution >= 0.6 is 11.8 Å². The Balaban J connectivity index is 2.95. The fourth-order valence-electron chi connectivity index (χ4n) is 1.54. The normalized spacial score (nSPS) is 12.5. The average Bonchev–Trinajstić information content (AvgIpc) is 2.27. The van der Waals surface area contributed by atoms with Gasteiger partial charge in [0.25, 0.3) is 5.69 Å². The van der Waals surface area contributed by atoms with Crippen molar-refractivity contribution in [3.8, 4) is 5.75 Å². The maximum Gasteiger partial charge on any atom is 0.274 e. The average molecular weight is 285 g/mol. The molecule has 1 rings (SSSR count). The Bertz CT molecular complexity index is 437. The number of aliphatic hydroxyl groups excluding tert-OH is 1. The second-order valence-electron chi connectivity index (χ2n) is 4.53. The van der Waals surface area contributed by atoms with Crippen molar-refractivity contribution in [1.82, 2.24) is 0 Å². The Morgan fingerprint density at radius 2 is 2.05 bits per heavy atom. The van der Waals surface area contributed by atoms with Crippen molar-refractivity contribution in [2.24, 2.45) is 0 Å². The number of nitrogens with zero attached hydrogens (tertiary/aromatic N) is 1. The van der Waals surface area contributed by atoms with Crippen LogP contribution in [0.25, 0.3) is 0 Å². The molecule has 5 nitrogen and oxygen atoms in total. The molecule has 0 bridgehead atoms. The molecule has 0 aliphatic heterocycles. The molecular weight excluding hydrogens is 266 g/mol. The van der Waals surface area contributed by atoms with Gasteiger partial charge in [0, 0.05) is 22.8 Å². The third kappa shape index (κ3) is 5.48. The van der Waals surface area contributed by atoms with Gasteiger partial charge in [0.2, 0.25) is 0 Å². The van der Waals surface area contributed by atoms with Crippen LogP contribution in [0.4, 0.5) is 5.69 Å². The van der Waals surface area contributed by atoms with Gasteiger partial charge in [-0.15, -0.1) is 11.8 Å². The molecular formula is C13H19NO4S. The van der Waals surface area contributed by atoms with E-state index < -0.39 is 4.92 Å². The van der Waals surface area contributed by atoms with E-state index >= 15 is 0 Å². The summed E-state index contributed by atoms with van der Waals surface area (Å²) in [5.74, 6) is 0.503. The SMILES string of the molecule is CC(C)Oc1cc(SC(C)CCO)cc([N+](=O)[O-])c1. The number of ether oxygens (including phenoxy) is 1. The Kier molecular flexibility index (Phi) is 6.11. The number of hydrogen-bond acceptors (Lipinski definition) is 5. The van der Waals surface area contributed by atoms with Crippen molar-refractivity contribution in [2.75, 3.05) is 6.61 Å². The highest BCUT2D eigenvalue weighted by Crippen LogP contribution is 2.32. The number of aliphatic hydroxyl groups is 1. The topological polar surface area (TPSA) is 72.6 Å².